The number of nitrogens with one attached hydrogen (secondary N) is 1. The van der Waals surface area contributed by atoms with E-state index in [1.807, 2.05) is 0 Å². The number of anilines is 1. The molecule has 2 fully saturated rings. The number of fused-ring (bicyclic) bond motifs is 1. The van der Waals surface area contributed by atoms with Crippen LogP contribution in [-0.4, -0.2) is 50.2 Å². The summed E-state index contributed by atoms with van der Waals surface area (Å²) < 4.78 is 28.3. The Labute approximate surface area is 191 Å². The molecule has 1 saturated carbocycles. The lowest BCUT2D eigenvalue weighted by Crippen LogP contribution is -2.47. The third kappa shape index (κ3) is 5.01. The molecule has 1 atom stereocenters. The van der Waals surface area contributed by atoms with Crippen molar-refractivity contribution in [2.75, 3.05) is 24.5 Å². The lowest BCUT2D eigenvalue weighted by molar-refractivity contribution is -0.126. The molecule has 4 rings (SSSR count). The Morgan fingerprint density at radius 1 is 0.969 bits per heavy atom. The van der Waals surface area contributed by atoms with E-state index in [0.29, 0.717) is 19.5 Å². The van der Waals surface area contributed by atoms with E-state index in [2.05, 4.69) is 5.32 Å². The number of benzene rings is 1. The Balaban J connectivity index is 1.46. The predicted molar refractivity (Wildman–Crippen MR) is 124 cm³/mol. The second-order valence-corrected chi connectivity index (χ2v) is 11.4. The van der Waals surface area contributed by atoms with Crippen molar-refractivity contribution in [1.82, 2.24) is 9.62 Å². The molecular weight excluding hydrogens is 426 g/mol. The Bertz CT molecular complexity index is 954. The van der Waals surface area contributed by atoms with Gasteiger partial charge in [0.05, 0.1) is 10.8 Å². The van der Waals surface area contributed by atoms with Crippen molar-refractivity contribution in [2.45, 2.75) is 82.1 Å². The van der Waals surface area contributed by atoms with Gasteiger partial charge in [-0.05, 0) is 62.3 Å². The Morgan fingerprint density at radius 3 is 2.44 bits per heavy atom. The standard InChI is InChI=1S/C24H35N3O4S/c1-18(28)27-15-7-8-19-16-22(12-13-23(19)27)32(30,31)26-14-6-9-20(17-26)24(29)25-21-10-4-2-3-5-11-21/h12-13,16,20-21H,2-11,14-15,17H2,1H3,(H,25,29)/t20-/m1/s1. The van der Waals surface area contributed by atoms with Crippen LogP contribution in [0.4, 0.5) is 5.69 Å². The lowest BCUT2D eigenvalue weighted by Gasteiger charge is -2.33. The van der Waals surface area contributed by atoms with Crippen LogP contribution in [0.2, 0.25) is 0 Å². The molecule has 32 heavy (non-hydrogen) atoms. The van der Waals surface area contributed by atoms with Crippen molar-refractivity contribution >= 4 is 27.5 Å². The molecule has 8 heteroatoms. The first kappa shape index (κ1) is 23.2. The minimum absolute atomic E-state index is 0.000610. The molecule has 0 unspecified atom stereocenters. The summed E-state index contributed by atoms with van der Waals surface area (Å²) in [5.74, 6) is -0.327. The fourth-order valence-electron chi connectivity index (χ4n) is 5.33. The van der Waals surface area contributed by atoms with Crippen molar-refractivity contribution in [2.24, 2.45) is 5.92 Å². The topological polar surface area (TPSA) is 86.8 Å². The second kappa shape index (κ2) is 9.91. The van der Waals surface area contributed by atoms with E-state index in [1.165, 1.54) is 24.1 Å². The second-order valence-electron chi connectivity index (χ2n) is 9.46. The highest BCUT2D eigenvalue weighted by molar-refractivity contribution is 7.89. The van der Waals surface area contributed by atoms with Gasteiger partial charge in [0.2, 0.25) is 21.8 Å². The summed E-state index contributed by atoms with van der Waals surface area (Å²) in [5, 5.41) is 3.20. The quantitative estimate of drug-likeness (QED) is 0.698. The van der Waals surface area contributed by atoms with Crippen LogP contribution in [0.3, 0.4) is 0 Å². The van der Waals surface area contributed by atoms with Crippen LogP contribution < -0.4 is 10.2 Å². The van der Waals surface area contributed by atoms with Gasteiger partial charge in [-0.25, -0.2) is 8.42 Å². The molecule has 1 aliphatic carbocycles. The van der Waals surface area contributed by atoms with E-state index in [0.717, 1.165) is 56.2 Å². The molecule has 1 aromatic carbocycles. The number of sulfonamides is 1. The number of piperidine rings is 1. The molecule has 0 bridgehead atoms. The van der Waals surface area contributed by atoms with Crippen LogP contribution in [0.1, 0.15) is 70.3 Å². The summed E-state index contributed by atoms with van der Waals surface area (Å²) in [4.78, 5) is 26.8. The first-order valence-electron chi connectivity index (χ1n) is 12.1. The number of hydrogen-bond acceptors (Lipinski definition) is 4. The number of hydrogen-bond donors (Lipinski definition) is 1. The number of aryl methyl sites for hydroxylation is 1. The van der Waals surface area contributed by atoms with Crippen LogP contribution in [0.15, 0.2) is 23.1 Å². The zero-order chi connectivity index (χ0) is 22.7. The Kier molecular flexibility index (Phi) is 7.20. The normalized spacial score (nSPS) is 23.3. The molecule has 1 aromatic rings. The zero-order valence-electron chi connectivity index (χ0n) is 19.0. The number of rotatable bonds is 4. The number of carbonyl (C=O) groups excluding carboxylic acids is 2. The average Bonchev–Trinajstić information content (AvgIpc) is 3.07. The molecular formula is C24H35N3O4S. The molecule has 3 aliphatic rings. The van der Waals surface area contributed by atoms with Gasteiger partial charge in [0.15, 0.2) is 0 Å². The molecule has 7 nitrogen and oxygen atoms in total. The first-order valence-corrected chi connectivity index (χ1v) is 13.5. The van der Waals surface area contributed by atoms with E-state index in [9.17, 15) is 18.0 Å². The lowest BCUT2D eigenvalue weighted by atomic mass is 9.97. The van der Waals surface area contributed by atoms with Crippen molar-refractivity contribution in [3.63, 3.8) is 0 Å². The van der Waals surface area contributed by atoms with Crippen LogP contribution in [0, 0.1) is 5.92 Å². The number of carbonyl (C=O) groups is 2. The predicted octanol–water partition coefficient (Wildman–Crippen LogP) is 3.23. The number of nitrogens with zero attached hydrogens (tertiary/aromatic N) is 2. The van der Waals surface area contributed by atoms with Gasteiger partial charge in [-0.2, -0.15) is 4.31 Å². The van der Waals surface area contributed by atoms with Gasteiger partial charge in [0.25, 0.3) is 0 Å². The molecule has 1 saturated heterocycles. The maximum atomic E-state index is 13.4. The summed E-state index contributed by atoms with van der Waals surface area (Å²) in [5.41, 5.74) is 1.70. The van der Waals surface area contributed by atoms with Crippen molar-refractivity contribution in [3.8, 4) is 0 Å². The van der Waals surface area contributed by atoms with Crippen molar-refractivity contribution in [1.29, 1.82) is 0 Å². The first-order chi connectivity index (χ1) is 15.4. The minimum Gasteiger partial charge on any atom is -0.353 e. The highest BCUT2D eigenvalue weighted by atomic mass is 32.2. The molecule has 1 N–H and O–H groups in total. The van der Waals surface area contributed by atoms with Crippen LogP contribution in [-0.2, 0) is 26.0 Å². The highest BCUT2D eigenvalue weighted by Crippen LogP contribution is 2.32. The van der Waals surface area contributed by atoms with Gasteiger partial charge >= 0.3 is 0 Å². The number of amides is 2. The minimum atomic E-state index is -3.69. The fourth-order valence-corrected chi connectivity index (χ4v) is 6.90. The van der Waals surface area contributed by atoms with Gasteiger partial charge in [0.1, 0.15) is 0 Å². The largest absolute Gasteiger partial charge is 0.353 e. The van der Waals surface area contributed by atoms with Gasteiger partial charge in [0, 0.05) is 38.3 Å². The van der Waals surface area contributed by atoms with Gasteiger partial charge in [-0.1, -0.05) is 25.7 Å². The summed E-state index contributed by atoms with van der Waals surface area (Å²) in [6, 6.07) is 5.30. The Hall–Kier alpha value is -1.93. The maximum absolute atomic E-state index is 13.4. The zero-order valence-corrected chi connectivity index (χ0v) is 19.8. The van der Waals surface area contributed by atoms with Gasteiger partial charge in [-0.15, -0.1) is 0 Å². The summed E-state index contributed by atoms with van der Waals surface area (Å²) in [6.07, 6.45) is 9.79. The molecule has 0 aromatic heterocycles. The molecule has 2 heterocycles. The molecule has 0 radical (unpaired) electrons. The summed E-state index contributed by atoms with van der Waals surface area (Å²) in [6.45, 7) is 2.87. The van der Waals surface area contributed by atoms with E-state index >= 15 is 0 Å². The third-order valence-corrected chi connectivity index (χ3v) is 9.01. The van der Waals surface area contributed by atoms with Crippen LogP contribution in [0.5, 0.6) is 0 Å². The Morgan fingerprint density at radius 2 is 1.72 bits per heavy atom. The van der Waals surface area contributed by atoms with E-state index in [-0.39, 0.29) is 35.2 Å². The smallest absolute Gasteiger partial charge is 0.243 e. The molecule has 2 amide bonds. The van der Waals surface area contributed by atoms with Crippen molar-refractivity contribution < 1.29 is 18.0 Å². The fraction of sp³-hybridized carbons (Fsp3) is 0.667. The molecule has 0 spiro atoms. The van der Waals surface area contributed by atoms with Crippen molar-refractivity contribution in [3.05, 3.63) is 23.8 Å². The SMILES string of the molecule is CC(=O)N1CCCc2cc(S(=O)(=O)N3CCC[C@@H](C(=O)NC4CCCCCC4)C3)ccc21. The highest BCUT2D eigenvalue weighted by Gasteiger charge is 2.34. The monoisotopic (exact) mass is 461 g/mol. The van der Waals surface area contributed by atoms with Gasteiger partial charge in [-0.3, -0.25) is 9.59 Å². The maximum Gasteiger partial charge on any atom is 0.243 e. The van der Waals surface area contributed by atoms with E-state index in [4.69, 9.17) is 0 Å². The van der Waals surface area contributed by atoms with Crippen LogP contribution >= 0.6 is 0 Å². The molecule has 2 aliphatic heterocycles. The average molecular weight is 462 g/mol. The molecule has 176 valence electrons. The summed E-state index contributed by atoms with van der Waals surface area (Å²) in [7, 11) is -3.69. The third-order valence-electron chi connectivity index (χ3n) is 7.14. The van der Waals surface area contributed by atoms with E-state index in [1.54, 1.807) is 23.1 Å². The van der Waals surface area contributed by atoms with E-state index < -0.39 is 10.0 Å². The van der Waals surface area contributed by atoms with Gasteiger partial charge < -0.3 is 10.2 Å². The van der Waals surface area contributed by atoms with Crippen LogP contribution in [0.25, 0.3) is 0 Å². The summed E-state index contributed by atoms with van der Waals surface area (Å²) >= 11 is 0.